The number of aromatic nitrogens is 5. The van der Waals surface area contributed by atoms with E-state index in [4.69, 9.17) is 14.2 Å². The van der Waals surface area contributed by atoms with Crippen LogP contribution in [0.3, 0.4) is 0 Å². The quantitative estimate of drug-likeness (QED) is 0.199. The molecular weight excluding hydrogens is 593 g/mol. The zero-order chi connectivity index (χ0) is 32.4. The summed E-state index contributed by atoms with van der Waals surface area (Å²) < 4.78 is 34.1. The van der Waals surface area contributed by atoms with Crippen molar-refractivity contribution in [2.45, 2.75) is 18.9 Å². The van der Waals surface area contributed by atoms with Crippen LogP contribution in [0.1, 0.15) is 12.8 Å². The SMILES string of the molecule is COc1cc2ncnc(Nc3cc(N(C)C)c(Oc4ccn5ncnc5c4)cc3OC)c2cc1NC(=O)/C(F)=C\C1CCCN1C. The first-order valence-electron chi connectivity index (χ1n) is 14.6. The van der Waals surface area contributed by atoms with Gasteiger partial charge in [-0.1, -0.05) is 0 Å². The number of benzene rings is 2. The molecule has 2 N–H and O–H groups in total. The van der Waals surface area contributed by atoms with Crippen LogP contribution in [0.4, 0.5) is 27.3 Å². The minimum absolute atomic E-state index is 0.121. The first-order chi connectivity index (χ1) is 22.2. The van der Waals surface area contributed by atoms with E-state index >= 15 is 0 Å². The molecule has 1 aliphatic heterocycles. The Hall–Kier alpha value is -5.50. The zero-order valence-electron chi connectivity index (χ0n) is 26.1. The van der Waals surface area contributed by atoms with Crippen LogP contribution in [-0.2, 0) is 4.79 Å². The summed E-state index contributed by atoms with van der Waals surface area (Å²) in [5.74, 6) is 0.668. The molecule has 3 aromatic heterocycles. The molecular formula is C32H34FN9O4. The summed E-state index contributed by atoms with van der Waals surface area (Å²) in [6.45, 7) is 0.862. The highest BCUT2D eigenvalue weighted by Crippen LogP contribution is 2.42. The summed E-state index contributed by atoms with van der Waals surface area (Å²) in [5.41, 5.74) is 2.83. The number of methoxy groups -OCH3 is 2. The van der Waals surface area contributed by atoms with E-state index in [0.29, 0.717) is 51.1 Å². The Kier molecular flexibility index (Phi) is 8.53. The lowest BCUT2D eigenvalue weighted by atomic mass is 10.1. The van der Waals surface area contributed by atoms with Crippen molar-refractivity contribution >= 4 is 45.3 Å². The van der Waals surface area contributed by atoms with Gasteiger partial charge in [0.15, 0.2) is 17.2 Å². The van der Waals surface area contributed by atoms with E-state index in [9.17, 15) is 9.18 Å². The van der Waals surface area contributed by atoms with Gasteiger partial charge in [-0.15, -0.1) is 0 Å². The maximum absolute atomic E-state index is 14.9. The van der Waals surface area contributed by atoms with Crippen LogP contribution in [0.25, 0.3) is 16.6 Å². The minimum atomic E-state index is -0.861. The number of pyridine rings is 1. The molecule has 2 aromatic carbocycles. The van der Waals surface area contributed by atoms with Gasteiger partial charge in [-0.3, -0.25) is 9.69 Å². The molecule has 0 radical (unpaired) electrons. The van der Waals surface area contributed by atoms with Gasteiger partial charge in [0.2, 0.25) is 0 Å². The number of halogens is 1. The number of rotatable bonds is 10. The second kappa shape index (κ2) is 12.9. The van der Waals surface area contributed by atoms with E-state index in [2.05, 4.69) is 30.7 Å². The summed E-state index contributed by atoms with van der Waals surface area (Å²) in [6, 6.07) is 10.4. The maximum atomic E-state index is 14.9. The van der Waals surface area contributed by atoms with Crippen LogP contribution < -0.4 is 29.7 Å². The predicted octanol–water partition coefficient (Wildman–Crippen LogP) is 5.18. The van der Waals surface area contributed by atoms with Gasteiger partial charge in [-0.2, -0.15) is 5.10 Å². The lowest BCUT2D eigenvalue weighted by Crippen LogP contribution is -2.24. The fourth-order valence-corrected chi connectivity index (χ4v) is 5.39. The number of fused-ring (bicyclic) bond motifs is 2. The molecule has 4 heterocycles. The summed E-state index contributed by atoms with van der Waals surface area (Å²) >= 11 is 0. The number of hydrogen-bond donors (Lipinski definition) is 2. The number of ether oxygens (including phenoxy) is 3. The summed E-state index contributed by atoms with van der Waals surface area (Å²) in [5, 5.41) is 10.7. The molecule has 1 unspecified atom stereocenters. The van der Waals surface area contributed by atoms with Gasteiger partial charge in [0.05, 0.1) is 36.8 Å². The van der Waals surface area contributed by atoms with Gasteiger partial charge in [0, 0.05) is 49.9 Å². The lowest BCUT2D eigenvalue weighted by Gasteiger charge is -2.21. The van der Waals surface area contributed by atoms with Crippen LogP contribution in [-0.4, -0.2) is 83.3 Å². The first kappa shape index (κ1) is 30.5. The Morgan fingerprint density at radius 1 is 1.02 bits per heavy atom. The van der Waals surface area contributed by atoms with Crippen molar-refractivity contribution in [3.05, 3.63) is 67.2 Å². The molecule has 1 aliphatic rings. The highest BCUT2D eigenvalue weighted by atomic mass is 19.1. The Bertz CT molecular complexity index is 1940. The maximum Gasteiger partial charge on any atom is 0.284 e. The molecule has 0 aliphatic carbocycles. The van der Waals surface area contributed by atoms with E-state index in [0.717, 1.165) is 25.1 Å². The van der Waals surface area contributed by atoms with Crippen molar-refractivity contribution in [3.63, 3.8) is 0 Å². The molecule has 1 amide bonds. The molecule has 0 spiro atoms. The monoisotopic (exact) mass is 627 g/mol. The van der Waals surface area contributed by atoms with E-state index in [-0.39, 0.29) is 11.7 Å². The van der Waals surface area contributed by atoms with Crippen molar-refractivity contribution < 1.29 is 23.4 Å². The molecule has 1 atom stereocenters. The molecule has 0 saturated carbocycles. The lowest BCUT2D eigenvalue weighted by molar-refractivity contribution is -0.114. The molecule has 5 aromatic rings. The molecule has 6 rings (SSSR count). The topological polar surface area (TPSA) is 131 Å². The van der Waals surface area contributed by atoms with E-state index < -0.39 is 11.7 Å². The fraction of sp³-hybridized carbons (Fsp3) is 0.281. The van der Waals surface area contributed by atoms with Gasteiger partial charge < -0.3 is 29.7 Å². The average Bonchev–Trinajstić information content (AvgIpc) is 3.69. The van der Waals surface area contributed by atoms with E-state index in [1.807, 2.05) is 37.0 Å². The van der Waals surface area contributed by atoms with Crippen LogP contribution in [0, 0.1) is 0 Å². The molecule has 1 saturated heterocycles. The number of anilines is 4. The van der Waals surface area contributed by atoms with Crippen molar-refractivity contribution in [1.29, 1.82) is 0 Å². The number of carbonyl (C=O) groups is 1. The number of hydrogen-bond acceptors (Lipinski definition) is 11. The predicted molar refractivity (Wildman–Crippen MR) is 173 cm³/mol. The highest BCUT2D eigenvalue weighted by molar-refractivity contribution is 6.05. The van der Waals surface area contributed by atoms with Crippen LogP contribution in [0.2, 0.25) is 0 Å². The Morgan fingerprint density at radius 2 is 1.83 bits per heavy atom. The highest BCUT2D eigenvalue weighted by Gasteiger charge is 2.23. The number of carbonyl (C=O) groups excluding carboxylic acids is 1. The Balaban J connectivity index is 1.32. The van der Waals surface area contributed by atoms with Crippen LogP contribution in [0.5, 0.6) is 23.0 Å². The third-order valence-electron chi connectivity index (χ3n) is 7.83. The third-order valence-corrected chi connectivity index (χ3v) is 7.83. The average molecular weight is 628 g/mol. The smallest absolute Gasteiger partial charge is 0.284 e. The van der Waals surface area contributed by atoms with Crippen molar-refractivity contribution in [2.75, 3.05) is 57.4 Å². The van der Waals surface area contributed by atoms with E-state index in [1.165, 1.54) is 25.8 Å². The number of amides is 1. The van der Waals surface area contributed by atoms with Gasteiger partial charge in [0.25, 0.3) is 5.91 Å². The third kappa shape index (κ3) is 6.19. The standard InChI is InChI=1S/C32H34FN9O4/c1-40(2)26-14-25(28(45-5)16-29(26)46-20-8-10-42-30(12-20)35-18-37-42)38-31-21-13-24(27(44-4)15-23(21)34-17-36-31)39-32(43)22(33)11-19-7-6-9-41(19)3/h8,10-19H,6-7,9H2,1-5H3,(H,39,43)(H,34,36,38)/b22-11+. The summed E-state index contributed by atoms with van der Waals surface area (Å²) in [6.07, 6.45) is 7.78. The number of likely N-dealkylation sites (tertiary alicyclic amines) is 1. The number of nitrogens with one attached hydrogen (secondary N) is 2. The molecule has 0 bridgehead atoms. The summed E-state index contributed by atoms with van der Waals surface area (Å²) in [7, 11) is 8.75. The number of likely N-dealkylation sites (N-methyl/N-ethyl adjacent to an activating group) is 1. The van der Waals surface area contributed by atoms with Gasteiger partial charge >= 0.3 is 0 Å². The Labute approximate surface area is 264 Å². The second-order valence-corrected chi connectivity index (χ2v) is 11.0. The minimum Gasteiger partial charge on any atom is -0.494 e. The number of nitrogens with zero attached hydrogens (tertiary/aromatic N) is 7. The van der Waals surface area contributed by atoms with E-state index in [1.54, 1.807) is 48.2 Å². The Morgan fingerprint density at radius 3 is 2.57 bits per heavy atom. The fourth-order valence-electron chi connectivity index (χ4n) is 5.39. The van der Waals surface area contributed by atoms with Crippen molar-refractivity contribution in [1.82, 2.24) is 29.5 Å². The molecule has 1 fully saturated rings. The zero-order valence-corrected chi connectivity index (χ0v) is 26.1. The summed E-state index contributed by atoms with van der Waals surface area (Å²) in [4.78, 5) is 29.9. The second-order valence-electron chi connectivity index (χ2n) is 11.0. The van der Waals surface area contributed by atoms with Crippen molar-refractivity contribution in [2.24, 2.45) is 0 Å². The molecule has 14 heteroatoms. The van der Waals surface area contributed by atoms with Gasteiger partial charge in [0.1, 0.15) is 35.7 Å². The molecule has 13 nitrogen and oxygen atoms in total. The van der Waals surface area contributed by atoms with Gasteiger partial charge in [-0.05, 0) is 50.7 Å². The normalized spacial score (nSPS) is 15.3. The largest absolute Gasteiger partial charge is 0.494 e. The van der Waals surface area contributed by atoms with Crippen molar-refractivity contribution in [3.8, 4) is 23.0 Å². The van der Waals surface area contributed by atoms with Gasteiger partial charge in [-0.25, -0.2) is 23.9 Å². The first-order valence-corrected chi connectivity index (χ1v) is 14.6. The molecule has 46 heavy (non-hydrogen) atoms. The molecule has 238 valence electrons. The van der Waals surface area contributed by atoms with Crippen LogP contribution in [0.15, 0.2) is 67.2 Å². The van der Waals surface area contributed by atoms with Crippen LogP contribution >= 0.6 is 0 Å².